The lowest BCUT2D eigenvalue weighted by Crippen LogP contribution is -2.06. The van der Waals surface area contributed by atoms with Gasteiger partial charge < -0.3 is 0 Å². The largest absolute Gasteiger partial charge is 0.260 e. The first-order valence-corrected chi connectivity index (χ1v) is 9.54. The second-order valence-electron chi connectivity index (χ2n) is 7.00. The van der Waals surface area contributed by atoms with E-state index in [4.69, 9.17) is 16.7 Å². The molecule has 1 aromatic heterocycles. The molecule has 140 valence electrons. The third-order valence-corrected chi connectivity index (χ3v) is 5.20. The summed E-state index contributed by atoms with van der Waals surface area (Å²) < 4.78 is 16.2. The van der Waals surface area contributed by atoms with Crippen molar-refractivity contribution in [1.82, 2.24) is 9.78 Å². The summed E-state index contributed by atoms with van der Waals surface area (Å²) in [6.07, 6.45) is 0. The van der Waals surface area contributed by atoms with Crippen molar-refractivity contribution in [2.45, 2.75) is 20.4 Å². The molecule has 0 atom stereocenters. The molecule has 2 nitrogen and oxygen atoms in total. The highest BCUT2D eigenvalue weighted by Gasteiger charge is 2.15. The number of hydrogen-bond donors (Lipinski definition) is 0. The lowest BCUT2D eigenvalue weighted by molar-refractivity contribution is 0.587. The number of hydrogen-bond acceptors (Lipinski definition) is 1. The Balaban J connectivity index is 1.83. The Morgan fingerprint density at radius 1 is 0.857 bits per heavy atom. The van der Waals surface area contributed by atoms with E-state index in [1.54, 1.807) is 12.1 Å². The summed E-state index contributed by atoms with van der Waals surface area (Å²) >= 11 is 6.26. The van der Waals surface area contributed by atoms with Crippen LogP contribution in [0, 0.1) is 19.7 Å². The van der Waals surface area contributed by atoms with Gasteiger partial charge in [0.05, 0.1) is 17.9 Å². The van der Waals surface area contributed by atoms with Crippen LogP contribution in [0.2, 0.25) is 5.02 Å². The Morgan fingerprint density at radius 3 is 2.07 bits per heavy atom. The van der Waals surface area contributed by atoms with Gasteiger partial charge in [0.25, 0.3) is 0 Å². The van der Waals surface area contributed by atoms with Crippen molar-refractivity contribution < 1.29 is 4.39 Å². The van der Waals surface area contributed by atoms with Crippen LogP contribution in [0.5, 0.6) is 0 Å². The molecule has 0 unspecified atom stereocenters. The van der Waals surface area contributed by atoms with Crippen LogP contribution in [-0.2, 0) is 6.54 Å². The predicted octanol–water partition coefficient (Wildman–Crippen LogP) is 6.67. The van der Waals surface area contributed by atoms with Gasteiger partial charge in [0.2, 0.25) is 0 Å². The molecule has 0 fully saturated rings. The van der Waals surface area contributed by atoms with Crippen molar-refractivity contribution in [1.29, 1.82) is 0 Å². The van der Waals surface area contributed by atoms with E-state index in [2.05, 4.69) is 62.4 Å². The van der Waals surface area contributed by atoms with Crippen molar-refractivity contribution in [3.63, 3.8) is 0 Å². The summed E-state index contributed by atoms with van der Waals surface area (Å²) in [5, 5.41) is 5.18. The maximum absolute atomic E-state index is 14.4. The summed E-state index contributed by atoms with van der Waals surface area (Å²) in [5.41, 5.74) is 6.65. The number of aromatic nitrogens is 2. The van der Waals surface area contributed by atoms with Gasteiger partial charge in [0.15, 0.2) is 0 Å². The van der Waals surface area contributed by atoms with Gasteiger partial charge in [-0.3, -0.25) is 4.68 Å². The minimum atomic E-state index is -0.324. The van der Waals surface area contributed by atoms with Crippen LogP contribution >= 0.6 is 11.6 Å². The summed E-state index contributed by atoms with van der Waals surface area (Å²) in [5.74, 6) is -0.324. The maximum atomic E-state index is 14.4. The van der Waals surface area contributed by atoms with E-state index in [1.807, 2.05) is 10.7 Å². The van der Waals surface area contributed by atoms with Gasteiger partial charge in [0.1, 0.15) is 5.82 Å². The van der Waals surface area contributed by atoms with Crippen LogP contribution in [0.1, 0.15) is 16.7 Å². The molecule has 0 aliphatic heterocycles. The summed E-state index contributed by atoms with van der Waals surface area (Å²) in [6.45, 7) is 4.37. The van der Waals surface area contributed by atoms with Gasteiger partial charge in [0, 0.05) is 16.1 Å². The lowest BCUT2D eigenvalue weighted by atomic mass is 10.1. The Morgan fingerprint density at radius 2 is 1.46 bits per heavy atom. The van der Waals surface area contributed by atoms with Crippen molar-refractivity contribution in [3.05, 3.63) is 100 Å². The molecule has 0 radical (unpaired) electrons. The van der Waals surface area contributed by atoms with Gasteiger partial charge in [-0.15, -0.1) is 0 Å². The second-order valence-corrected chi connectivity index (χ2v) is 7.41. The monoisotopic (exact) mass is 390 g/mol. The van der Waals surface area contributed by atoms with E-state index in [9.17, 15) is 4.39 Å². The smallest absolute Gasteiger partial charge is 0.129 e. The highest BCUT2D eigenvalue weighted by Crippen LogP contribution is 2.29. The van der Waals surface area contributed by atoms with Crippen LogP contribution in [0.4, 0.5) is 4.39 Å². The van der Waals surface area contributed by atoms with Crippen LogP contribution in [0.3, 0.4) is 0 Å². The third kappa shape index (κ3) is 3.71. The van der Waals surface area contributed by atoms with E-state index >= 15 is 0 Å². The first-order valence-electron chi connectivity index (χ1n) is 9.16. The Labute approximate surface area is 169 Å². The predicted molar refractivity (Wildman–Crippen MR) is 113 cm³/mol. The van der Waals surface area contributed by atoms with E-state index in [0.717, 1.165) is 22.5 Å². The van der Waals surface area contributed by atoms with E-state index in [-0.39, 0.29) is 12.4 Å². The Kier molecular flexibility index (Phi) is 5.01. The molecular weight excluding hydrogens is 371 g/mol. The Bertz CT molecular complexity index is 1090. The fourth-order valence-electron chi connectivity index (χ4n) is 3.19. The molecule has 1 heterocycles. The number of halogens is 2. The second kappa shape index (κ2) is 7.61. The number of benzene rings is 3. The van der Waals surface area contributed by atoms with Gasteiger partial charge in [-0.2, -0.15) is 5.10 Å². The third-order valence-electron chi connectivity index (χ3n) is 4.84. The summed E-state index contributed by atoms with van der Waals surface area (Å²) in [7, 11) is 0. The first-order chi connectivity index (χ1) is 13.5. The number of nitrogens with zero attached hydrogens (tertiary/aromatic N) is 2. The first kappa shape index (κ1) is 18.5. The lowest BCUT2D eigenvalue weighted by Gasteiger charge is -2.10. The topological polar surface area (TPSA) is 17.8 Å². The van der Waals surface area contributed by atoms with E-state index < -0.39 is 0 Å². The molecule has 0 saturated heterocycles. The zero-order valence-corrected chi connectivity index (χ0v) is 16.5. The molecule has 0 aliphatic rings. The average Bonchev–Trinajstić information content (AvgIpc) is 3.10. The molecule has 3 aromatic carbocycles. The zero-order valence-electron chi connectivity index (χ0n) is 15.8. The van der Waals surface area contributed by atoms with Gasteiger partial charge in [-0.05, 0) is 37.6 Å². The maximum Gasteiger partial charge on any atom is 0.129 e. The van der Waals surface area contributed by atoms with Gasteiger partial charge >= 0.3 is 0 Å². The molecule has 4 rings (SSSR count). The normalized spacial score (nSPS) is 11.0. The highest BCUT2D eigenvalue weighted by atomic mass is 35.5. The fraction of sp³-hybridized carbons (Fsp3) is 0.125. The minimum absolute atomic E-state index is 0.264. The van der Waals surface area contributed by atoms with Gasteiger partial charge in [-0.25, -0.2) is 4.39 Å². The van der Waals surface area contributed by atoms with E-state index in [0.29, 0.717) is 10.6 Å². The molecule has 0 bridgehead atoms. The van der Waals surface area contributed by atoms with E-state index in [1.165, 1.54) is 17.2 Å². The number of aryl methyl sites for hydroxylation is 2. The van der Waals surface area contributed by atoms with Crippen LogP contribution in [0.15, 0.2) is 72.8 Å². The molecule has 0 spiro atoms. The molecule has 0 aliphatic carbocycles. The van der Waals surface area contributed by atoms with Crippen molar-refractivity contribution in [2.24, 2.45) is 0 Å². The van der Waals surface area contributed by atoms with Crippen LogP contribution < -0.4 is 0 Å². The SMILES string of the molecule is Cc1ccc(-c2cc(-c3ccc(C)cc3)n(Cc3c(F)cccc3Cl)n2)cc1. The quantitative estimate of drug-likeness (QED) is 0.380. The average molecular weight is 391 g/mol. The molecule has 28 heavy (non-hydrogen) atoms. The van der Waals surface area contributed by atoms with Crippen LogP contribution in [0.25, 0.3) is 22.5 Å². The highest BCUT2D eigenvalue weighted by molar-refractivity contribution is 6.31. The minimum Gasteiger partial charge on any atom is -0.260 e. The molecule has 0 amide bonds. The molecule has 4 heteroatoms. The van der Waals surface area contributed by atoms with Crippen molar-refractivity contribution in [3.8, 4) is 22.5 Å². The summed E-state index contributed by atoms with van der Waals surface area (Å²) in [4.78, 5) is 0. The summed E-state index contributed by atoms with van der Waals surface area (Å²) in [6, 6.07) is 23.3. The fourth-order valence-corrected chi connectivity index (χ4v) is 3.42. The zero-order chi connectivity index (χ0) is 19.7. The van der Waals surface area contributed by atoms with Gasteiger partial charge in [-0.1, -0.05) is 77.3 Å². The Hall–Kier alpha value is -2.91. The molecule has 0 saturated carbocycles. The number of rotatable bonds is 4. The molecular formula is C24H20ClFN2. The van der Waals surface area contributed by atoms with Crippen molar-refractivity contribution >= 4 is 11.6 Å². The molecule has 4 aromatic rings. The molecule has 0 N–H and O–H groups in total. The van der Waals surface area contributed by atoms with Crippen LogP contribution in [-0.4, -0.2) is 9.78 Å². The van der Waals surface area contributed by atoms with Crippen molar-refractivity contribution in [2.75, 3.05) is 0 Å². The standard InChI is InChI=1S/C24H20ClFN2/c1-16-6-10-18(11-7-16)23-14-24(19-12-8-17(2)9-13-19)28(27-23)15-20-21(25)4-3-5-22(20)26/h3-14H,15H2,1-2H3.